The molecule has 0 aliphatic rings. The molecule has 4 N–H and O–H groups in total. The first kappa shape index (κ1) is 20.1. The topological polar surface area (TPSA) is 137 Å². The van der Waals surface area contributed by atoms with Crippen LogP contribution in [0.3, 0.4) is 0 Å². The summed E-state index contributed by atoms with van der Waals surface area (Å²) in [4.78, 5) is 15.0. The van der Waals surface area contributed by atoms with Crippen molar-refractivity contribution in [2.45, 2.75) is 25.8 Å². The van der Waals surface area contributed by atoms with E-state index in [4.69, 9.17) is 10.3 Å². The van der Waals surface area contributed by atoms with Gasteiger partial charge in [-0.05, 0) is 38.9 Å². The highest BCUT2D eigenvalue weighted by Gasteiger charge is 2.26. The zero-order valence-corrected chi connectivity index (χ0v) is 16.3. The second-order valence-corrected chi connectivity index (χ2v) is 6.78. The van der Waals surface area contributed by atoms with Gasteiger partial charge in [-0.2, -0.15) is 10.4 Å². The highest BCUT2D eigenvalue weighted by atomic mass is 16.5. The van der Waals surface area contributed by atoms with Crippen LogP contribution in [0.1, 0.15) is 35.0 Å². The second-order valence-electron chi connectivity index (χ2n) is 6.78. The number of amides is 1. The van der Waals surface area contributed by atoms with Gasteiger partial charge >= 0.3 is 0 Å². The van der Waals surface area contributed by atoms with Crippen molar-refractivity contribution in [1.29, 1.82) is 5.26 Å². The van der Waals surface area contributed by atoms with Crippen LogP contribution in [0.2, 0.25) is 0 Å². The number of H-pyrrole nitrogens is 1. The minimum atomic E-state index is -0.504. The van der Waals surface area contributed by atoms with Crippen molar-refractivity contribution in [3.8, 4) is 6.07 Å². The summed E-state index contributed by atoms with van der Waals surface area (Å²) >= 11 is 0. The standard InChI is InChI=1S/C20H23N7O2/c1-13-11-17(26-29-13)23-20(28)18(14-7-4-3-5-8-14)27(2)10-6-9-16-15(12-21)19(22)25-24-16/h3-5,7-8,11,18H,6,9-10H2,1-2H3,(H3,22,24,25)(H,23,26,28). The third kappa shape index (κ3) is 4.80. The van der Waals surface area contributed by atoms with Crippen LogP contribution in [0.5, 0.6) is 0 Å². The van der Waals surface area contributed by atoms with E-state index in [2.05, 4.69) is 26.7 Å². The Kier molecular flexibility index (Phi) is 6.26. The first-order valence-corrected chi connectivity index (χ1v) is 9.21. The molecule has 0 aliphatic heterocycles. The molecule has 0 saturated carbocycles. The average Bonchev–Trinajstić information content (AvgIpc) is 3.27. The van der Waals surface area contributed by atoms with Gasteiger partial charge in [0, 0.05) is 6.07 Å². The lowest BCUT2D eigenvalue weighted by Crippen LogP contribution is -2.35. The van der Waals surface area contributed by atoms with Gasteiger partial charge in [-0.3, -0.25) is 14.8 Å². The number of nitrogen functional groups attached to an aromatic ring is 1. The molecule has 0 radical (unpaired) electrons. The number of hydrogen-bond acceptors (Lipinski definition) is 7. The molecule has 0 spiro atoms. The number of likely N-dealkylation sites (N-methyl/N-ethyl adjacent to an activating group) is 1. The summed E-state index contributed by atoms with van der Waals surface area (Å²) in [5, 5.41) is 22.5. The molecule has 0 saturated heterocycles. The number of rotatable bonds is 8. The summed E-state index contributed by atoms with van der Waals surface area (Å²) in [6.07, 6.45) is 1.32. The molecule has 2 aromatic heterocycles. The van der Waals surface area contributed by atoms with Crippen LogP contribution in [0.4, 0.5) is 11.6 Å². The number of carbonyl (C=O) groups is 1. The van der Waals surface area contributed by atoms with E-state index < -0.39 is 6.04 Å². The number of nitrogens with zero attached hydrogens (tertiary/aromatic N) is 4. The van der Waals surface area contributed by atoms with E-state index in [1.54, 1.807) is 13.0 Å². The fraction of sp³-hybridized carbons (Fsp3) is 0.300. The molecule has 0 bridgehead atoms. The Labute approximate surface area is 168 Å². The molecular formula is C20H23N7O2. The molecule has 1 aromatic carbocycles. The predicted molar refractivity (Wildman–Crippen MR) is 108 cm³/mol. The van der Waals surface area contributed by atoms with E-state index in [1.807, 2.05) is 42.3 Å². The molecule has 1 amide bonds. The number of carbonyl (C=O) groups excluding carboxylic acids is 1. The number of nitriles is 1. The molecule has 1 atom stereocenters. The quantitative estimate of drug-likeness (QED) is 0.534. The van der Waals surface area contributed by atoms with E-state index in [1.165, 1.54) is 0 Å². The van der Waals surface area contributed by atoms with Crippen LogP contribution in [0.15, 0.2) is 40.9 Å². The molecular weight excluding hydrogens is 370 g/mol. The fourth-order valence-electron chi connectivity index (χ4n) is 3.20. The molecule has 1 unspecified atom stereocenters. The Balaban J connectivity index is 1.70. The van der Waals surface area contributed by atoms with Gasteiger partial charge in [0.15, 0.2) is 11.6 Å². The van der Waals surface area contributed by atoms with Gasteiger partial charge in [-0.25, -0.2) is 0 Å². The first-order valence-electron chi connectivity index (χ1n) is 9.21. The van der Waals surface area contributed by atoms with Crippen LogP contribution < -0.4 is 11.1 Å². The molecule has 29 heavy (non-hydrogen) atoms. The van der Waals surface area contributed by atoms with Crippen molar-refractivity contribution in [3.05, 3.63) is 59.0 Å². The van der Waals surface area contributed by atoms with Gasteiger partial charge in [0.05, 0.1) is 5.69 Å². The summed E-state index contributed by atoms with van der Waals surface area (Å²) in [7, 11) is 1.89. The van der Waals surface area contributed by atoms with Gasteiger partial charge in [0.1, 0.15) is 23.4 Å². The monoisotopic (exact) mass is 393 g/mol. The summed E-state index contributed by atoms with van der Waals surface area (Å²) in [5.41, 5.74) is 7.64. The zero-order valence-electron chi connectivity index (χ0n) is 16.3. The van der Waals surface area contributed by atoms with Gasteiger partial charge in [-0.1, -0.05) is 35.5 Å². The SMILES string of the molecule is Cc1cc(NC(=O)C(c2ccccc2)N(C)CCCc2[nH]nc(N)c2C#N)no1. The van der Waals surface area contributed by atoms with Crippen molar-refractivity contribution >= 4 is 17.5 Å². The molecule has 0 fully saturated rings. The Morgan fingerprint density at radius 2 is 2.17 bits per heavy atom. The molecule has 150 valence electrons. The molecule has 9 nitrogen and oxygen atoms in total. The lowest BCUT2D eigenvalue weighted by atomic mass is 10.0. The number of nitrogens with two attached hydrogens (primary N) is 1. The highest BCUT2D eigenvalue weighted by molar-refractivity contribution is 5.94. The third-order valence-electron chi connectivity index (χ3n) is 4.60. The van der Waals surface area contributed by atoms with Crippen molar-refractivity contribution in [2.75, 3.05) is 24.6 Å². The number of aryl methyl sites for hydroxylation is 2. The lowest BCUT2D eigenvalue weighted by Gasteiger charge is -2.27. The minimum Gasteiger partial charge on any atom is -0.381 e. The first-order chi connectivity index (χ1) is 14.0. The van der Waals surface area contributed by atoms with Crippen molar-refractivity contribution in [1.82, 2.24) is 20.3 Å². The summed E-state index contributed by atoms with van der Waals surface area (Å²) in [6.45, 7) is 2.38. The number of aromatic amines is 1. The molecule has 2 heterocycles. The van der Waals surface area contributed by atoms with Crippen LogP contribution in [0.25, 0.3) is 0 Å². The number of anilines is 2. The normalized spacial score (nSPS) is 11.9. The molecule has 3 rings (SSSR count). The summed E-state index contributed by atoms with van der Waals surface area (Å²) in [6, 6.07) is 12.8. The maximum Gasteiger partial charge on any atom is 0.247 e. The smallest absolute Gasteiger partial charge is 0.247 e. The summed E-state index contributed by atoms with van der Waals surface area (Å²) in [5.74, 6) is 1.02. The van der Waals surface area contributed by atoms with E-state index >= 15 is 0 Å². The maximum atomic E-state index is 13.0. The summed E-state index contributed by atoms with van der Waals surface area (Å²) < 4.78 is 5.02. The van der Waals surface area contributed by atoms with E-state index in [9.17, 15) is 10.1 Å². The fourth-order valence-corrected chi connectivity index (χ4v) is 3.20. The lowest BCUT2D eigenvalue weighted by molar-refractivity contribution is -0.121. The van der Waals surface area contributed by atoms with Crippen molar-refractivity contribution < 1.29 is 9.32 Å². The zero-order chi connectivity index (χ0) is 20.8. The molecule has 0 aliphatic carbocycles. The van der Waals surface area contributed by atoms with Crippen LogP contribution in [-0.2, 0) is 11.2 Å². The maximum absolute atomic E-state index is 13.0. The Hall–Kier alpha value is -3.64. The van der Waals surface area contributed by atoms with Gasteiger partial charge in [-0.15, -0.1) is 0 Å². The number of hydrogen-bond donors (Lipinski definition) is 3. The largest absolute Gasteiger partial charge is 0.381 e. The average molecular weight is 393 g/mol. The number of nitrogens with one attached hydrogen (secondary N) is 2. The minimum absolute atomic E-state index is 0.199. The Morgan fingerprint density at radius 3 is 2.83 bits per heavy atom. The van der Waals surface area contributed by atoms with E-state index in [-0.39, 0.29) is 11.7 Å². The van der Waals surface area contributed by atoms with Crippen molar-refractivity contribution in [2.24, 2.45) is 0 Å². The van der Waals surface area contributed by atoms with Gasteiger partial charge in [0.25, 0.3) is 0 Å². The van der Waals surface area contributed by atoms with Crippen LogP contribution in [0, 0.1) is 18.3 Å². The van der Waals surface area contributed by atoms with Gasteiger partial charge in [0.2, 0.25) is 5.91 Å². The van der Waals surface area contributed by atoms with E-state index in [0.717, 1.165) is 5.56 Å². The second kappa shape index (κ2) is 9.03. The number of benzene rings is 1. The van der Waals surface area contributed by atoms with Crippen LogP contribution in [-0.4, -0.2) is 39.8 Å². The Bertz CT molecular complexity index is 1000. The molecule has 3 aromatic rings. The molecule has 9 heteroatoms. The van der Waals surface area contributed by atoms with E-state index in [0.29, 0.717) is 42.2 Å². The third-order valence-corrected chi connectivity index (χ3v) is 4.60. The Morgan fingerprint density at radius 1 is 1.41 bits per heavy atom. The van der Waals surface area contributed by atoms with Crippen molar-refractivity contribution in [3.63, 3.8) is 0 Å². The van der Waals surface area contributed by atoms with Crippen LogP contribution >= 0.6 is 0 Å². The number of aromatic nitrogens is 3. The predicted octanol–water partition coefficient (Wildman–Crippen LogP) is 2.40. The van der Waals surface area contributed by atoms with Gasteiger partial charge < -0.3 is 15.6 Å². The highest BCUT2D eigenvalue weighted by Crippen LogP contribution is 2.22.